The van der Waals surface area contributed by atoms with Crippen molar-refractivity contribution in [3.63, 3.8) is 0 Å². The van der Waals surface area contributed by atoms with Gasteiger partial charge in [-0.1, -0.05) is 30.3 Å². The van der Waals surface area contributed by atoms with Crippen LogP contribution in [0.5, 0.6) is 5.75 Å². The van der Waals surface area contributed by atoms with Crippen molar-refractivity contribution in [1.82, 2.24) is 15.1 Å². The number of methoxy groups -OCH3 is 1. The van der Waals surface area contributed by atoms with Crippen molar-refractivity contribution in [2.24, 2.45) is 0 Å². The minimum Gasteiger partial charge on any atom is -0.497 e. The third-order valence-electron chi connectivity index (χ3n) is 4.48. The largest absolute Gasteiger partial charge is 0.497 e. The van der Waals surface area contributed by atoms with Gasteiger partial charge in [0.25, 0.3) is 5.91 Å². The van der Waals surface area contributed by atoms with Crippen molar-refractivity contribution in [3.05, 3.63) is 82.7 Å². The number of hydrogen-bond donors (Lipinski definition) is 1. The van der Waals surface area contributed by atoms with Crippen LogP contribution in [0.25, 0.3) is 0 Å². The molecule has 0 aliphatic rings. The highest BCUT2D eigenvalue weighted by Crippen LogP contribution is 2.16. The Kier molecular flexibility index (Phi) is 5.37. The smallest absolute Gasteiger partial charge is 0.251 e. The van der Waals surface area contributed by atoms with Crippen LogP contribution < -0.4 is 10.1 Å². The molecule has 0 saturated heterocycles. The van der Waals surface area contributed by atoms with Gasteiger partial charge in [-0.3, -0.25) is 9.48 Å². The normalized spacial score (nSPS) is 10.6. The molecule has 0 aliphatic carbocycles. The van der Waals surface area contributed by atoms with Gasteiger partial charge in [-0.15, -0.1) is 0 Å². The highest BCUT2D eigenvalue weighted by Gasteiger charge is 2.13. The van der Waals surface area contributed by atoms with Crippen LogP contribution in [0.4, 0.5) is 0 Å². The number of carbonyl (C=O) groups is 1. The molecule has 5 heteroatoms. The van der Waals surface area contributed by atoms with Gasteiger partial charge >= 0.3 is 0 Å². The summed E-state index contributed by atoms with van der Waals surface area (Å²) in [5, 5.41) is 7.61. The Balaban J connectivity index is 1.68. The molecule has 2 aromatic carbocycles. The molecule has 0 aliphatic heterocycles. The summed E-state index contributed by atoms with van der Waals surface area (Å²) in [4.78, 5) is 12.4. The van der Waals surface area contributed by atoms with Gasteiger partial charge in [0.05, 0.1) is 19.3 Å². The third-order valence-corrected chi connectivity index (χ3v) is 4.48. The second-order valence-corrected chi connectivity index (χ2v) is 6.20. The first-order valence-corrected chi connectivity index (χ1v) is 8.57. The molecule has 3 aromatic rings. The molecule has 0 atom stereocenters. The zero-order chi connectivity index (χ0) is 18.5. The minimum atomic E-state index is -0.109. The fourth-order valence-corrected chi connectivity index (χ4v) is 2.91. The Morgan fingerprint density at radius 1 is 1.08 bits per heavy atom. The van der Waals surface area contributed by atoms with Crippen LogP contribution >= 0.6 is 0 Å². The highest BCUT2D eigenvalue weighted by atomic mass is 16.5. The second-order valence-electron chi connectivity index (χ2n) is 6.20. The minimum absolute atomic E-state index is 0.109. The topological polar surface area (TPSA) is 56.1 Å². The summed E-state index contributed by atoms with van der Waals surface area (Å²) in [5.74, 6) is 0.623. The van der Waals surface area contributed by atoms with Gasteiger partial charge in [-0.25, -0.2) is 0 Å². The lowest BCUT2D eigenvalue weighted by Crippen LogP contribution is -2.23. The van der Waals surface area contributed by atoms with E-state index in [9.17, 15) is 4.79 Å². The zero-order valence-corrected chi connectivity index (χ0v) is 15.3. The fourth-order valence-electron chi connectivity index (χ4n) is 2.91. The first kappa shape index (κ1) is 17.7. The Morgan fingerprint density at radius 2 is 1.77 bits per heavy atom. The zero-order valence-electron chi connectivity index (χ0n) is 15.3. The maximum atomic E-state index is 12.4. The number of aromatic nitrogens is 2. The standard InChI is InChI=1S/C21H23N3O2/c1-15-20(13-22-21(25)18-9-11-19(26-3)12-10-18)16(2)24(23-15)14-17-7-5-4-6-8-17/h4-12H,13-14H2,1-3H3,(H,22,25). The number of ether oxygens (including phenoxy) is 1. The van der Waals surface area contributed by atoms with Crippen LogP contribution in [-0.2, 0) is 13.1 Å². The van der Waals surface area contributed by atoms with E-state index in [-0.39, 0.29) is 5.91 Å². The number of carbonyl (C=O) groups excluding carboxylic acids is 1. The van der Waals surface area contributed by atoms with E-state index in [0.717, 1.165) is 29.2 Å². The number of hydrogen-bond acceptors (Lipinski definition) is 3. The van der Waals surface area contributed by atoms with Crippen molar-refractivity contribution < 1.29 is 9.53 Å². The van der Waals surface area contributed by atoms with Crippen LogP contribution in [0.2, 0.25) is 0 Å². The molecule has 134 valence electrons. The van der Waals surface area contributed by atoms with Crippen molar-refractivity contribution in [2.45, 2.75) is 26.9 Å². The van der Waals surface area contributed by atoms with Crippen LogP contribution in [0.1, 0.15) is 32.9 Å². The van der Waals surface area contributed by atoms with Crippen molar-refractivity contribution in [2.75, 3.05) is 7.11 Å². The maximum absolute atomic E-state index is 12.4. The monoisotopic (exact) mass is 349 g/mol. The van der Waals surface area contributed by atoms with Crippen LogP contribution in [-0.4, -0.2) is 22.8 Å². The van der Waals surface area contributed by atoms with Crippen molar-refractivity contribution in [3.8, 4) is 5.75 Å². The van der Waals surface area contributed by atoms with Gasteiger partial charge in [0.1, 0.15) is 5.75 Å². The SMILES string of the molecule is COc1ccc(C(=O)NCc2c(C)nn(Cc3ccccc3)c2C)cc1. The van der Waals surface area contributed by atoms with E-state index in [1.807, 2.05) is 36.7 Å². The summed E-state index contributed by atoms with van der Waals surface area (Å²) in [6.07, 6.45) is 0. The van der Waals surface area contributed by atoms with Gasteiger partial charge in [0, 0.05) is 23.4 Å². The van der Waals surface area contributed by atoms with E-state index < -0.39 is 0 Å². The molecule has 3 rings (SSSR count). The number of nitrogens with one attached hydrogen (secondary N) is 1. The molecule has 0 radical (unpaired) electrons. The first-order valence-electron chi connectivity index (χ1n) is 8.57. The fraction of sp³-hybridized carbons (Fsp3) is 0.238. The van der Waals surface area contributed by atoms with Crippen molar-refractivity contribution >= 4 is 5.91 Å². The second kappa shape index (κ2) is 7.87. The lowest BCUT2D eigenvalue weighted by Gasteiger charge is -2.08. The maximum Gasteiger partial charge on any atom is 0.251 e. The molecular formula is C21H23N3O2. The molecule has 1 amide bonds. The number of benzene rings is 2. The average molecular weight is 349 g/mol. The summed E-state index contributed by atoms with van der Waals surface area (Å²) in [7, 11) is 1.60. The molecule has 0 fully saturated rings. The molecule has 0 saturated carbocycles. The molecule has 26 heavy (non-hydrogen) atoms. The third kappa shape index (κ3) is 3.94. The molecule has 1 heterocycles. The van der Waals surface area contributed by atoms with E-state index >= 15 is 0 Å². The Morgan fingerprint density at radius 3 is 2.42 bits per heavy atom. The molecule has 0 unspecified atom stereocenters. The van der Waals surface area contributed by atoms with Gasteiger partial charge in [0.2, 0.25) is 0 Å². The predicted molar refractivity (Wildman–Crippen MR) is 101 cm³/mol. The number of aryl methyl sites for hydroxylation is 1. The Bertz CT molecular complexity index is 884. The van der Waals surface area contributed by atoms with Crippen LogP contribution in [0, 0.1) is 13.8 Å². The molecule has 0 bridgehead atoms. The average Bonchev–Trinajstić information content (AvgIpc) is 2.93. The van der Waals surface area contributed by atoms with Gasteiger partial charge < -0.3 is 10.1 Å². The molecule has 0 spiro atoms. The van der Waals surface area contributed by atoms with E-state index in [0.29, 0.717) is 12.1 Å². The number of nitrogens with zero attached hydrogens (tertiary/aromatic N) is 2. The molecule has 1 aromatic heterocycles. The van der Waals surface area contributed by atoms with Crippen LogP contribution in [0.15, 0.2) is 54.6 Å². The highest BCUT2D eigenvalue weighted by molar-refractivity contribution is 5.94. The van der Waals surface area contributed by atoms with E-state index in [1.165, 1.54) is 5.56 Å². The van der Waals surface area contributed by atoms with E-state index in [1.54, 1.807) is 31.4 Å². The Hall–Kier alpha value is -3.08. The van der Waals surface area contributed by atoms with E-state index in [4.69, 9.17) is 4.74 Å². The predicted octanol–water partition coefficient (Wildman–Crippen LogP) is 3.49. The summed E-state index contributed by atoms with van der Waals surface area (Å²) in [6, 6.07) is 17.3. The number of amides is 1. The van der Waals surface area contributed by atoms with Gasteiger partial charge in [-0.05, 0) is 43.7 Å². The summed E-state index contributed by atoms with van der Waals surface area (Å²) >= 11 is 0. The summed E-state index contributed by atoms with van der Waals surface area (Å²) in [5.41, 5.74) is 4.88. The van der Waals surface area contributed by atoms with Gasteiger partial charge in [-0.2, -0.15) is 5.10 Å². The summed E-state index contributed by atoms with van der Waals surface area (Å²) < 4.78 is 7.10. The molecule has 5 nitrogen and oxygen atoms in total. The van der Waals surface area contributed by atoms with Crippen LogP contribution in [0.3, 0.4) is 0 Å². The lowest BCUT2D eigenvalue weighted by atomic mass is 10.1. The van der Waals surface area contributed by atoms with Crippen molar-refractivity contribution in [1.29, 1.82) is 0 Å². The lowest BCUT2D eigenvalue weighted by molar-refractivity contribution is 0.0951. The van der Waals surface area contributed by atoms with Gasteiger partial charge in [0.15, 0.2) is 0 Å². The molecule has 1 N–H and O–H groups in total. The number of rotatable bonds is 6. The molecular weight excluding hydrogens is 326 g/mol. The Labute approximate surface area is 153 Å². The summed E-state index contributed by atoms with van der Waals surface area (Å²) in [6.45, 7) is 5.19. The quantitative estimate of drug-likeness (QED) is 0.741. The first-order chi connectivity index (χ1) is 12.6. The van der Waals surface area contributed by atoms with E-state index in [2.05, 4.69) is 22.5 Å².